The van der Waals surface area contributed by atoms with Crippen molar-refractivity contribution in [1.82, 2.24) is 0 Å². The summed E-state index contributed by atoms with van der Waals surface area (Å²) < 4.78 is 0.602. The normalized spacial score (nSPS) is 21.2. The third-order valence-corrected chi connectivity index (χ3v) is 4.48. The Bertz CT molecular complexity index is 363. The van der Waals surface area contributed by atoms with Crippen molar-refractivity contribution in [2.75, 3.05) is 0 Å². The van der Waals surface area contributed by atoms with Gasteiger partial charge in [-0.2, -0.15) is 0 Å². The molecule has 0 aromatic rings. The number of hydrogen-bond acceptors (Lipinski definition) is 3. The molecule has 0 radical (unpaired) electrons. The Balaban J connectivity index is 2.11. The Hall–Kier alpha value is -0.220. The molecule has 1 atom stereocenters. The van der Waals surface area contributed by atoms with Gasteiger partial charge in [0.15, 0.2) is 5.66 Å². The van der Waals surface area contributed by atoms with Crippen LogP contribution in [0.2, 0.25) is 0 Å². The highest BCUT2D eigenvalue weighted by atomic mass is 32.1. The topological polar surface area (TPSA) is 24.7 Å². The maximum absolute atomic E-state index is 5.22. The summed E-state index contributed by atoms with van der Waals surface area (Å²) in [5.41, 5.74) is 0.418. The molecule has 1 aliphatic rings. The molecule has 1 aliphatic heterocycles. The summed E-state index contributed by atoms with van der Waals surface area (Å²) >= 11 is 9.55. The fraction of sp³-hybridized carbons (Fsp3) is 0.812. The molecule has 2 nitrogen and oxygen atoms in total. The van der Waals surface area contributed by atoms with Crippen LogP contribution in [0.15, 0.2) is 9.98 Å². The summed E-state index contributed by atoms with van der Waals surface area (Å²) in [5.74, 6) is 0. The van der Waals surface area contributed by atoms with Gasteiger partial charge in [0, 0.05) is 6.21 Å². The third-order valence-electron chi connectivity index (χ3n) is 3.80. The molecule has 0 N–H and O–H groups in total. The molecule has 0 fully saturated rings. The maximum Gasteiger partial charge on any atom is 0.191 e. The van der Waals surface area contributed by atoms with E-state index in [1.165, 1.54) is 51.4 Å². The predicted molar refractivity (Wildman–Crippen MR) is 97.8 cm³/mol. The van der Waals surface area contributed by atoms with Gasteiger partial charge >= 0.3 is 0 Å². The second kappa shape index (κ2) is 9.67. The molecule has 1 unspecified atom stereocenters. The number of rotatable bonds is 11. The molecule has 0 aliphatic carbocycles. The lowest BCUT2D eigenvalue weighted by molar-refractivity contribution is 0.501. The predicted octanol–water partition coefficient (Wildman–Crippen LogP) is 5.41. The van der Waals surface area contributed by atoms with Crippen LogP contribution in [-0.2, 0) is 0 Å². The van der Waals surface area contributed by atoms with Crippen LogP contribution in [0.5, 0.6) is 0 Å². The van der Waals surface area contributed by atoms with Crippen molar-refractivity contribution < 1.29 is 0 Å². The Morgan fingerprint density at radius 1 is 1.10 bits per heavy atom. The number of thiol groups is 1. The average Bonchev–Trinajstić information content (AvgIpc) is 2.80. The van der Waals surface area contributed by atoms with E-state index in [9.17, 15) is 0 Å². The summed E-state index contributed by atoms with van der Waals surface area (Å²) in [4.78, 5) is 9.03. The highest BCUT2D eigenvalue weighted by Gasteiger charge is 2.33. The monoisotopic (exact) mass is 312 g/mol. The molecule has 4 heteroatoms. The first-order chi connectivity index (χ1) is 9.60. The summed E-state index contributed by atoms with van der Waals surface area (Å²) in [5, 5.41) is 0. The van der Waals surface area contributed by atoms with E-state index >= 15 is 0 Å². The van der Waals surface area contributed by atoms with Crippen molar-refractivity contribution in [3.63, 3.8) is 0 Å². The van der Waals surface area contributed by atoms with Gasteiger partial charge < -0.3 is 0 Å². The second-order valence-corrected chi connectivity index (χ2v) is 6.87. The molecular weight excluding hydrogens is 284 g/mol. The highest BCUT2D eigenvalue weighted by molar-refractivity contribution is 8.11. The van der Waals surface area contributed by atoms with Crippen LogP contribution in [0.25, 0.3) is 0 Å². The molecule has 0 amide bonds. The molecule has 0 saturated carbocycles. The van der Waals surface area contributed by atoms with Gasteiger partial charge in [-0.1, -0.05) is 70.5 Å². The van der Waals surface area contributed by atoms with Gasteiger partial charge in [0.05, 0.1) is 9.91 Å². The summed E-state index contributed by atoms with van der Waals surface area (Å²) in [6.07, 6.45) is 14.6. The zero-order chi connectivity index (χ0) is 14.8. The van der Waals surface area contributed by atoms with Crippen molar-refractivity contribution in [2.45, 2.75) is 83.7 Å². The van der Waals surface area contributed by atoms with Crippen LogP contribution in [0.4, 0.5) is 0 Å². The molecule has 0 spiro atoms. The lowest BCUT2D eigenvalue weighted by Gasteiger charge is -2.21. The lowest BCUT2D eigenvalue weighted by Crippen LogP contribution is -2.28. The molecule has 20 heavy (non-hydrogen) atoms. The second-order valence-electron chi connectivity index (χ2n) is 5.71. The lowest BCUT2D eigenvalue weighted by atomic mass is 10.0. The summed E-state index contributed by atoms with van der Waals surface area (Å²) in [7, 11) is 0. The minimum absolute atomic E-state index is 0.538. The molecule has 1 heterocycles. The van der Waals surface area contributed by atoms with E-state index in [0.717, 1.165) is 18.6 Å². The van der Waals surface area contributed by atoms with Crippen molar-refractivity contribution in [2.24, 2.45) is 9.98 Å². The van der Waals surface area contributed by atoms with Gasteiger partial charge in [0.2, 0.25) is 0 Å². The first-order valence-corrected chi connectivity index (χ1v) is 8.81. The van der Waals surface area contributed by atoms with Crippen LogP contribution in [0.3, 0.4) is 0 Å². The molecule has 114 valence electrons. The maximum atomic E-state index is 5.22. The van der Waals surface area contributed by atoms with Crippen molar-refractivity contribution >= 4 is 41.0 Å². The number of aliphatic imine (C=N–C) groups is 2. The van der Waals surface area contributed by atoms with Crippen LogP contribution in [0.1, 0.15) is 78.1 Å². The van der Waals surface area contributed by atoms with E-state index < -0.39 is 5.66 Å². The van der Waals surface area contributed by atoms with E-state index in [1.54, 1.807) is 0 Å². The van der Waals surface area contributed by atoms with E-state index in [-0.39, 0.29) is 0 Å². The average molecular weight is 313 g/mol. The zero-order valence-electron chi connectivity index (χ0n) is 12.9. The van der Waals surface area contributed by atoms with Crippen LogP contribution in [-0.4, -0.2) is 21.8 Å². The zero-order valence-corrected chi connectivity index (χ0v) is 14.6. The van der Waals surface area contributed by atoms with Gasteiger partial charge in [0.1, 0.15) is 0 Å². The van der Waals surface area contributed by atoms with Crippen LogP contribution in [0, 0.1) is 0 Å². The minimum atomic E-state index is -0.538. The molecule has 0 saturated heterocycles. The van der Waals surface area contributed by atoms with Crippen molar-refractivity contribution in [3.8, 4) is 0 Å². The Labute approximate surface area is 135 Å². The standard InChI is InChI=1S/C16H28N2S2/c1-3-4-5-6-7-8-9-10-11-12-16(15(19)20)17-13-14(2)18-16/h13H,3-12H2,1-2H3,(H,19,20). The van der Waals surface area contributed by atoms with Crippen LogP contribution >= 0.6 is 24.8 Å². The van der Waals surface area contributed by atoms with E-state index in [1.807, 2.05) is 13.1 Å². The Kier molecular flexibility index (Phi) is 8.62. The SMILES string of the molecule is CCCCCCCCCCCC1(C(=S)S)N=CC(C)=N1. The molecular formula is C16H28N2S2. The van der Waals surface area contributed by atoms with Crippen molar-refractivity contribution in [1.29, 1.82) is 0 Å². The highest BCUT2D eigenvalue weighted by Crippen LogP contribution is 2.28. The molecule has 0 aromatic carbocycles. The summed E-state index contributed by atoms with van der Waals surface area (Å²) in [6, 6.07) is 0. The van der Waals surface area contributed by atoms with E-state index in [0.29, 0.717) is 4.20 Å². The van der Waals surface area contributed by atoms with Gasteiger partial charge in [-0.15, -0.1) is 12.6 Å². The van der Waals surface area contributed by atoms with Crippen molar-refractivity contribution in [3.05, 3.63) is 0 Å². The van der Waals surface area contributed by atoms with Gasteiger partial charge in [-0.05, 0) is 19.8 Å². The largest absolute Gasteiger partial charge is 0.255 e. The first-order valence-electron chi connectivity index (χ1n) is 7.96. The Morgan fingerprint density at radius 2 is 1.65 bits per heavy atom. The molecule has 1 rings (SSSR count). The third kappa shape index (κ3) is 6.04. The summed E-state index contributed by atoms with van der Waals surface area (Å²) in [6.45, 7) is 4.23. The Morgan fingerprint density at radius 3 is 2.10 bits per heavy atom. The van der Waals surface area contributed by atoms with Gasteiger partial charge in [-0.25, -0.2) is 0 Å². The first kappa shape index (κ1) is 17.8. The fourth-order valence-electron chi connectivity index (χ4n) is 2.56. The number of thiocarbonyl (C=S) groups is 1. The quantitative estimate of drug-likeness (QED) is 0.308. The van der Waals surface area contributed by atoms with Crippen LogP contribution < -0.4 is 0 Å². The molecule has 0 aromatic heterocycles. The smallest absolute Gasteiger partial charge is 0.191 e. The fourth-order valence-corrected chi connectivity index (χ4v) is 2.98. The number of nitrogens with zero attached hydrogens (tertiary/aromatic N) is 2. The number of hydrogen-bond donors (Lipinski definition) is 1. The van der Waals surface area contributed by atoms with E-state index in [4.69, 9.17) is 12.2 Å². The van der Waals surface area contributed by atoms with Gasteiger partial charge in [-0.3, -0.25) is 9.98 Å². The number of unbranched alkanes of at least 4 members (excludes halogenated alkanes) is 8. The molecule has 0 bridgehead atoms. The minimum Gasteiger partial charge on any atom is -0.255 e. The van der Waals surface area contributed by atoms with Gasteiger partial charge in [0.25, 0.3) is 0 Å². The van der Waals surface area contributed by atoms with E-state index in [2.05, 4.69) is 29.5 Å².